The van der Waals surface area contributed by atoms with E-state index in [-0.39, 0.29) is 23.7 Å². The van der Waals surface area contributed by atoms with E-state index in [1.54, 1.807) is 4.90 Å². The number of nitrogens with zero attached hydrogens (tertiary/aromatic N) is 2. The van der Waals surface area contributed by atoms with Crippen molar-refractivity contribution in [3.05, 3.63) is 24.3 Å². The van der Waals surface area contributed by atoms with Crippen molar-refractivity contribution in [2.45, 2.75) is 52.1 Å². The number of carbonyl (C=O) groups is 3. The second-order valence-corrected chi connectivity index (χ2v) is 8.80. The van der Waals surface area contributed by atoms with Gasteiger partial charge in [0.2, 0.25) is 5.91 Å². The van der Waals surface area contributed by atoms with E-state index in [0.717, 1.165) is 24.5 Å². The van der Waals surface area contributed by atoms with Gasteiger partial charge >= 0.3 is 6.09 Å². The predicted molar refractivity (Wildman–Crippen MR) is 112 cm³/mol. The van der Waals surface area contributed by atoms with Crippen LogP contribution >= 0.6 is 0 Å². The molecule has 1 saturated carbocycles. The van der Waals surface area contributed by atoms with Gasteiger partial charge < -0.3 is 19.9 Å². The van der Waals surface area contributed by atoms with Gasteiger partial charge in [0, 0.05) is 56.3 Å². The van der Waals surface area contributed by atoms with E-state index in [0.29, 0.717) is 38.8 Å². The Morgan fingerprint density at radius 3 is 2.14 bits per heavy atom. The third-order valence-electron chi connectivity index (χ3n) is 5.35. The van der Waals surface area contributed by atoms with E-state index in [4.69, 9.17) is 4.74 Å². The lowest BCUT2D eigenvalue weighted by Crippen LogP contribution is -2.50. The quantitative estimate of drug-likeness (QED) is 0.839. The van der Waals surface area contributed by atoms with Crippen LogP contribution in [0.15, 0.2) is 24.3 Å². The highest BCUT2D eigenvalue weighted by atomic mass is 16.6. The molecule has 7 nitrogen and oxygen atoms in total. The summed E-state index contributed by atoms with van der Waals surface area (Å²) in [5.74, 6) is 0.176. The van der Waals surface area contributed by atoms with Crippen LogP contribution < -0.4 is 10.2 Å². The lowest BCUT2D eigenvalue weighted by atomic mass is 9.88. The van der Waals surface area contributed by atoms with Crippen LogP contribution in [0.25, 0.3) is 0 Å². The van der Waals surface area contributed by atoms with Crippen molar-refractivity contribution in [2.24, 2.45) is 5.92 Å². The van der Waals surface area contributed by atoms with Crippen LogP contribution in [0.3, 0.4) is 0 Å². The van der Waals surface area contributed by atoms with E-state index < -0.39 is 5.60 Å². The number of carbonyl (C=O) groups excluding carboxylic acids is 3. The van der Waals surface area contributed by atoms with Gasteiger partial charge in [0.05, 0.1) is 0 Å². The molecule has 1 saturated heterocycles. The van der Waals surface area contributed by atoms with Crippen molar-refractivity contribution in [1.29, 1.82) is 0 Å². The molecule has 1 aliphatic heterocycles. The number of rotatable bonds is 3. The molecule has 2 fully saturated rings. The molecular formula is C22H31N3O4. The molecule has 1 N–H and O–H groups in total. The molecule has 158 valence electrons. The van der Waals surface area contributed by atoms with E-state index in [1.165, 1.54) is 0 Å². The number of ketones is 1. The van der Waals surface area contributed by atoms with Crippen molar-refractivity contribution < 1.29 is 19.1 Å². The number of Topliss-reactive ketones (excluding diaryl/α,β-unsaturated/α-hetero) is 1. The number of ether oxygens (including phenoxy) is 1. The maximum Gasteiger partial charge on any atom is 0.410 e. The highest BCUT2D eigenvalue weighted by Crippen LogP contribution is 2.24. The highest BCUT2D eigenvalue weighted by Gasteiger charge is 2.27. The minimum atomic E-state index is -0.484. The first kappa shape index (κ1) is 21.1. The van der Waals surface area contributed by atoms with Gasteiger partial charge in [0.15, 0.2) is 0 Å². The Balaban J connectivity index is 1.49. The van der Waals surface area contributed by atoms with Crippen LogP contribution in [0.1, 0.15) is 46.5 Å². The van der Waals surface area contributed by atoms with Gasteiger partial charge in [0.25, 0.3) is 0 Å². The van der Waals surface area contributed by atoms with Crippen molar-refractivity contribution in [1.82, 2.24) is 4.90 Å². The van der Waals surface area contributed by atoms with Gasteiger partial charge in [-0.15, -0.1) is 0 Å². The number of amides is 2. The van der Waals surface area contributed by atoms with Crippen molar-refractivity contribution >= 4 is 29.2 Å². The minimum Gasteiger partial charge on any atom is -0.444 e. The molecule has 0 aromatic heterocycles. The summed E-state index contributed by atoms with van der Waals surface area (Å²) in [4.78, 5) is 39.9. The molecular weight excluding hydrogens is 370 g/mol. The molecule has 1 heterocycles. The van der Waals surface area contributed by atoms with E-state index >= 15 is 0 Å². The fraction of sp³-hybridized carbons (Fsp3) is 0.591. The Hall–Kier alpha value is -2.57. The van der Waals surface area contributed by atoms with Crippen LogP contribution in [0.2, 0.25) is 0 Å². The predicted octanol–water partition coefficient (Wildman–Crippen LogP) is 3.44. The number of anilines is 2. The van der Waals surface area contributed by atoms with Crippen LogP contribution in [-0.4, -0.2) is 54.5 Å². The van der Waals surface area contributed by atoms with E-state index in [2.05, 4.69) is 10.2 Å². The fourth-order valence-corrected chi connectivity index (χ4v) is 3.68. The molecule has 2 aliphatic rings. The smallest absolute Gasteiger partial charge is 0.410 e. The monoisotopic (exact) mass is 401 g/mol. The second-order valence-electron chi connectivity index (χ2n) is 8.80. The molecule has 0 radical (unpaired) electrons. The Morgan fingerprint density at radius 2 is 1.59 bits per heavy atom. The molecule has 0 unspecified atom stereocenters. The van der Waals surface area contributed by atoms with Crippen LogP contribution in [0.5, 0.6) is 0 Å². The Kier molecular flexibility index (Phi) is 6.45. The lowest BCUT2D eigenvalue weighted by Gasteiger charge is -2.36. The maximum atomic E-state index is 12.4. The Labute approximate surface area is 172 Å². The average Bonchev–Trinajstić information content (AvgIpc) is 2.68. The average molecular weight is 402 g/mol. The standard InChI is InChI=1S/C22H31N3O4/c1-22(2,3)29-21(28)25-14-12-24(13-15-25)18-8-6-17(7-9-18)23-20(27)16-4-10-19(26)11-5-16/h6-9,16H,4-5,10-15H2,1-3H3,(H,23,27). The SMILES string of the molecule is CC(C)(C)OC(=O)N1CCN(c2ccc(NC(=O)C3CCC(=O)CC3)cc2)CC1. The van der Waals surface area contributed by atoms with Crippen LogP contribution in [0, 0.1) is 5.92 Å². The number of piperazine rings is 1. The first-order valence-electron chi connectivity index (χ1n) is 10.4. The Morgan fingerprint density at radius 1 is 1.00 bits per heavy atom. The third kappa shape index (κ3) is 5.95. The summed E-state index contributed by atoms with van der Waals surface area (Å²) in [5.41, 5.74) is 1.35. The Bertz CT molecular complexity index is 736. The van der Waals surface area contributed by atoms with Crippen molar-refractivity contribution in [2.75, 3.05) is 36.4 Å². The summed E-state index contributed by atoms with van der Waals surface area (Å²) in [6, 6.07) is 7.79. The highest BCUT2D eigenvalue weighted by molar-refractivity contribution is 5.94. The van der Waals surface area contributed by atoms with Crippen LogP contribution in [0.4, 0.5) is 16.2 Å². The second kappa shape index (κ2) is 8.84. The van der Waals surface area contributed by atoms with Crippen molar-refractivity contribution in [3.8, 4) is 0 Å². The molecule has 0 bridgehead atoms. The zero-order chi connectivity index (χ0) is 21.0. The maximum absolute atomic E-state index is 12.4. The molecule has 29 heavy (non-hydrogen) atoms. The summed E-state index contributed by atoms with van der Waals surface area (Å²) in [6.07, 6.45) is 2.04. The van der Waals surface area contributed by atoms with E-state index in [9.17, 15) is 14.4 Å². The number of hydrogen-bond donors (Lipinski definition) is 1. The van der Waals surface area contributed by atoms with Crippen LogP contribution in [-0.2, 0) is 14.3 Å². The molecule has 1 aromatic carbocycles. The summed E-state index contributed by atoms with van der Waals surface area (Å²) >= 11 is 0. The molecule has 0 atom stereocenters. The molecule has 1 aromatic rings. The van der Waals surface area contributed by atoms with Gasteiger partial charge in [-0.2, -0.15) is 0 Å². The molecule has 2 amide bonds. The van der Waals surface area contributed by atoms with Gasteiger partial charge in [0.1, 0.15) is 11.4 Å². The summed E-state index contributed by atoms with van der Waals surface area (Å²) in [7, 11) is 0. The topological polar surface area (TPSA) is 79.0 Å². The number of hydrogen-bond acceptors (Lipinski definition) is 5. The zero-order valence-corrected chi connectivity index (χ0v) is 17.6. The van der Waals surface area contributed by atoms with Gasteiger partial charge in [-0.05, 0) is 57.9 Å². The molecule has 3 rings (SSSR count). The molecule has 7 heteroatoms. The zero-order valence-electron chi connectivity index (χ0n) is 17.6. The normalized spacial score (nSPS) is 18.5. The summed E-state index contributed by atoms with van der Waals surface area (Å²) < 4.78 is 5.44. The fourth-order valence-electron chi connectivity index (χ4n) is 3.68. The molecule has 0 spiro atoms. The van der Waals surface area contributed by atoms with Crippen molar-refractivity contribution in [3.63, 3.8) is 0 Å². The largest absolute Gasteiger partial charge is 0.444 e. The summed E-state index contributed by atoms with van der Waals surface area (Å²) in [5, 5.41) is 2.96. The number of benzene rings is 1. The molecule has 1 aliphatic carbocycles. The first-order chi connectivity index (χ1) is 13.7. The van der Waals surface area contributed by atoms with Gasteiger partial charge in [-0.25, -0.2) is 4.79 Å². The number of nitrogens with one attached hydrogen (secondary N) is 1. The third-order valence-corrected chi connectivity index (χ3v) is 5.35. The van der Waals surface area contributed by atoms with Gasteiger partial charge in [-0.3, -0.25) is 9.59 Å². The summed E-state index contributed by atoms with van der Waals surface area (Å²) in [6.45, 7) is 8.32. The van der Waals surface area contributed by atoms with E-state index in [1.807, 2.05) is 45.0 Å². The van der Waals surface area contributed by atoms with Gasteiger partial charge in [-0.1, -0.05) is 0 Å². The first-order valence-corrected chi connectivity index (χ1v) is 10.4. The lowest BCUT2D eigenvalue weighted by molar-refractivity contribution is -0.125. The minimum absolute atomic E-state index is 0.00350.